The number of halogens is 4. The van der Waals surface area contributed by atoms with E-state index in [0.29, 0.717) is 15.4 Å². The van der Waals surface area contributed by atoms with E-state index < -0.39 is 25.4 Å². The molecule has 1 amide bonds. The highest BCUT2D eigenvalue weighted by molar-refractivity contribution is 9.10. The molecule has 1 aromatic carbocycles. The Morgan fingerprint density at radius 2 is 2.00 bits per heavy atom. The monoisotopic (exact) mass is 381 g/mol. The van der Waals surface area contributed by atoms with Gasteiger partial charge in [0.05, 0.1) is 19.4 Å². The molecule has 0 radical (unpaired) electrons. The van der Waals surface area contributed by atoms with Gasteiger partial charge in [-0.05, 0) is 12.1 Å². The highest BCUT2D eigenvalue weighted by atomic mass is 79.9. The third-order valence-electron chi connectivity index (χ3n) is 2.97. The number of fused-ring (bicyclic) bond motifs is 1. The van der Waals surface area contributed by atoms with E-state index in [2.05, 4.69) is 15.9 Å². The quantitative estimate of drug-likeness (QED) is 0.845. The fourth-order valence-corrected chi connectivity index (χ4v) is 2.58. The molecule has 22 heavy (non-hydrogen) atoms. The van der Waals surface area contributed by atoms with Crippen molar-refractivity contribution in [1.29, 1.82) is 0 Å². The molecule has 0 saturated carbocycles. The number of amides is 1. The highest BCUT2D eigenvalue weighted by Gasteiger charge is 2.33. The van der Waals surface area contributed by atoms with Gasteiger partial charge >= 0.3 is 12.3 Å². The van der Waals surface area contributed by atoms with E-state index in [9.17, 15) is 23.1 Å². The average Bonchev–Trinajstić information content (AvgIpc) is 2.79. The summed E-state index contributed by atoms with van der Waals surface area (Å²) in [7, 11) is 0. The molecule has 0 aliphatic heterocycles. The van der Waals surface area contributed by atoms with Gasteiger partial charge in [0.2, 0.25) is 0 Å². The molecular weight excluding hydrogens is 371 g/mol. The van der Waals surface area contributed by atoms with Crippen LogP contribution >= 0.6 is 15.9 Å². The smallest absolute Gasteiger partial charge is 0.407 e. The topological polar surface area (TPSA) is 73.9 Å². The van der Waals surface area contributed by atoms with Crippen LogP contribution in [0, 0.1) is 0 Å². The number of carbonyl (C=O) groups is 1. The van der Waals surface area contributed by atoms with Gasteiger partial charge in [-0.1, -0.05) is 15.9 Å². The molecule has 0 unspecified atom stereocenters. The van der Waals surface area contributed by atoms with Crippen LogP contribution in [0.4, 0.5) is 18.0 Å². The van der Waals surface area contributed by atoms with Crippen molar-refractivity contribution in [3.8, 4) is 0 Å². The van der Waals surface area contributed by atoms with Gasteiger partial charge in [-0.2, -0.15) is 13.2 Å². The molecule has 120 valence electrons. The minimum absolute atomic E-state index is 0.251. The lowest BCUT2D eigenvalue weighted by molar-refractivity contribution is -0.142. The molecule has 0 fully saturated rings. The molecular formula is C13H11BrF3NO4. The van der Waals surface area contributed by atoms with Crippen molar-refractivity contribution < 1.29 is 32.6 Å². The number of nitrogens with zero attached hydrogens (tertiary/aromatic N) is 1. The minimum Gasteiger partial charge on any atom is -0.465 e. The molecule has 2 rings (SSSR count). The third-order valence-corrected chi connectivity index (χ3v) is 3.43. The molecule has 1 heterocycles. The average molecular weight is 382 g/mol. The zero-order valence-corrected chi connectivity index (χ0v) is 12.6. The standard InChI is InChI=1S/C13H11BrF3NO4/c14-9-1-7(3-18(12(20)21)6-13(15,16)17)11-10(2-9)8(4-19)5-22-11/h1-2,5,19H,3-4,6H2,(H,20,21). The van der Waals surface area contributed by atoms with Crippen LogP contribution in [0.5, 0.6) is 0 Å². The molecule has 2 aromatic rings. The molecule has 1 aromatic heterocycles. The van der Waals surface area contributed by atoms with Crippen LogP contribution in [0.3, 0.4) is 0 Å². The molecule has 0 aliphatic carbocycles. The number of rotatable bonds is 4. The van der Waals surface area contributed by atoms with Gasteiger partial charge in [-0.15, -0.1) is 0 Å². The van der Waals surface area contributed by atoms with Gasteiger partial charge in [0.25, 0.3) is 0 Å². The summed E-state index contributed by atoms with van der Waals surface area (Å²) in [6, 6.07) is 3.13. The number of aliphatic hydroxyl groups excluding tert-OH is 1. The predicted octanol–water partition coefficient (Wildman–Crippen LogP) is 3.73. The Bertz CT molecular complexity index is 698. The number of hydrogen-bond donors (Lipinski definition) is 2. The van der Waals surface area contributed by atoms with E-state index >= 15 is 0 Å². The van der Waals surface area contributed by atoms with Crippen LogP contribution in [-0.2, 0) is 13.2 Å². The first-order valence-electron chi connectivity index (χ1n) is 6.05. The van der Waals surface area contributed by atoms with E-state index in [-0.39, 0.29) is 22.7 Å². The highest BCUT2D eigenvalue weighted by Crippen LogP contribution is 2.30. The first-order chi connectivity index (χ1) is 10.2. The van der Waals surface area contributed by atoms with Crippen LogP contribution in [0.1, 0.15) is 11.1 Å². The second-order valence-electron chi connectivity index (χ2n) is 4.61. The Morgan fingerprint density at radius 3 is 2.55 bits per heavy atom. The largest absolute Gasteiger partial charge is 0.465 e. The molecule has 0 saturated heterocycles. The maximum absolute atomic E-state index is 12.4. The lowest BCUT2D eigenvalue weighted by atomic mass is 10.1. The summed E-state index contributed by atoms with van der Waals surface area (Å²) in [5, 5.41) is 18.7. The van der Waals surface area contributed by atoms with Crippen molar-refractivity contribution in [2.24, 2.45) is 0 Å². The van der Waals surface area contributed by atoms with Crippen molar-refractivity contribution >= 4 is 33.0 Å². The van der Waals surface area contributed by atoms with Crippen LogP contribution in [0.25, 0.3) is 11.0 Å². The van der Waals surface area contributed by atoms with Gasteiger partial charge in [0.1, 0.15) is 12.1 Å². The zero-order valence-electron chi connectivity index (χ0n) is 11.0. The van der Waals surface area contributed by atoms with Crippen molar-refractivity contribution in [3.05, 3.63) is 34.0 Å². The maximum Gasteiger partial charge on any atom is 0.407 e. The maximum atomic E-state index is 12.4. The van der Waals surface area contributed by atoms with Gasteiger partial charge in [0.15, 0.2) is 0 Å². The Morgan fingerprint density at radius 1 is 1.32 bits per heavy atom. The summed E-state index contributed by atoms with van der Waals surface area (Å²) < 4.78 is 43.1. The van der Waals surface area contributed by atoms with Crippen LogP contribution in [0.15, 0.2) is 27.3 Å². The molecule has 0 bridgehead atoms. The Hall–Kier alpha value is -1.74. The molecule has 0 aliphatic rings. The van der Waals surface area contributed by atoms with E-state index in [4.69, 9.17) is 9.52 Å². The molecule has 0 spiro atoms. The normalized spacial score (nSPS) is 11.9. The molecule has 5 nitrogen and oxygen atoms in total. The van der Waals surface area contributed by atoms with E-state index in [1.54, 1.807) is 6.07 Å². The number of hydrogen-bond acceptors (Lipinski definition) is 3. The predicted molar refractivity (Wildman–Crippen MR) is 74.3 cm³/mol. The Balaban J connectivity index is 2.41. The summed E-state index contributed by atoms with van der Waals surface area (Å²) in [6.45, 7) is -2.36. The molecule has 9 heteroatoms. The molecule has 2 N–H and O–H groups in total. The second-order valence-corrected chi connectivity index (χ2v) is 5.53. The van der Waals surface area contributed by atoms with Gasteiger partial charge in [0, 0.05) is 21.0 Å². The third kappa shape index (κ3) is 3.72. The second kappa shape index (κ2) is 6.17. The summed E-state index contributed by atoms with van der Waals surface area (Å²) >= 11 is 3.21. The first-order valence-corrected chi connectivity index (χ1v) is 6.84. The Kier molecular flexibility index (Phi) is 4.66. The zero-order chi connectivity index (χ0) is 16.5. The van der Waals surface area contributed by atoms with E-state index in [1.807, 2.05) is 0 Å². The van der Waals surface area contributed by atoms with Crippen molar-refractivity contribution in [2.45, 2.75) is 19.3 Å². The molecule has 0 atom stereocenters. The summed E-state index contributed by atoms with van der Waals surface area (Å²) in [4.78, 5) is 11.3. The fraction of sp³-hybridized carbons (Fsp3) is 0.308. The van der Waals surface area contributed by atoms with E-state index in [1.165, 1.54) is 12.3 Å². The van der Waals surface area contributed by atoms with Crippen LogP contribution in [0.2, 0.25) is 0 Å². The van der Waals surface area contributed by atoms with Crippen LogP contribution < -0.4 is 0 Å². The van der Waals surface area contributed by atoms with Gasteiger partial charge in [-0.3, -0.25) is 4.90 Å². The van der Waals surface area contributed by atoms with Crippen molar-refractivity contribution in [1.82, 2.24) is 4.90 Å². The first kappa shape index (κ1) is 16.6. The van der Waals surface area contributed by atoms with Crippen molar-refractivity contribution in [3.63, 3.8) is 0 Å². The van der Waals surface area contributed by atoms with Gasteiger partial charge in [-0.25, -0.2) is 4.79 Å². The van der Waals surface area contributed by atoms with Gasteiger partial charge < -0.3 is 14.6 Å². The van der Waals surface area contributed by atoms with Crippen LogP contribution in [-0.4, -0.2) is 33.9 Å². The SMILES string of the molecule is O=C(O)N(Cc1cc(Br)cc2c(CO)coc12)CC(F)(F)F. The fourth-order valence-electron chi connectivity index (χ4n) is 2.07. The number of carboxylic acid groups (broad SMARTS) is 1. The summed E-state index contributed by atoms with van der Waals surface area (Å²) in [5.74, 6) is 0. The number of alkyl halides is 3. The van der Waals surface area contributed by atoms with Crippen molar-refractivity contribution in [2.75, 3.05) is 6.54 Å². The summed E-state index contributed by atoms with van der Waals surface area (Å²) in [6.07, 6.45) is -5.03. The number of furan rings is 1. The number of aliphatic hydroxyl groups is 1. The van der Waals surface area contributed by atoms with E-state index in [0.717, 1.165) is 0 Å². The lowest BCUT2D eigenvalue weighted by Crippen LogP contribution is -2.37. The minimum atomic E-state index is -4.64. The number of benzene rings is 1. The lowest BCUT2D eigenvalue weighted by Gasteiger charge is -2.21. The Labute approximate surface area is 131 Å². The summed E-state index contributed by atoms with van der Waals surface area (Å²) in [5.41, 5.74) is 0.992.